The summed E-state index contributed by atoms with van der Waals surface area (Å²) in [6, 6.07) is 7.28. The van der Waals surface area contributed by atoms with E-state index in [-0.39, 0.29) is 11.7 Å². The molecule has 6 nitrogen and oxygen atoms in total. The first kappa shape index (κ1) is 19.8. The lowest BCUT2D eigenvalue weighted by molar-refractivity contribution is -0.130. The largest absolute Gasteiger partial charge is 0.447 e. The van der Waals surface area contributed by atoms with Crippen LogP contribution in [0.3, 0.4) is 0 Å². The van der Waals surface area contributed by atoms with Crippen molar-refractivity contribution in [1.29, 1.82) is 5.26 Å². The number of amides is 1. The summed E-state index contributed by atoms with van der Waals surface area (Å²) in [5.41, 5.74) is -0.0719. The molecule has 0 aliphatic heterocycles. The Hall–Kier alpha value is -2.52. The van der Waals surface area contributed by atoms with Crippen molar-refractivity contribution in [1.82, 2.24) is 5.32 Å². The molecule has 0 radical (unpaired) electrons. The number of rotatable bonds is 5. The molecule has 0 bridgehead atoms. The fraction of sp³-hybridized carbons (Fsp3) is 0.421. The number of fused-ring (bicyclic) bond motifs is 1. The van der Waals surface area contributed by atoms with Crippen molar-refractivity contribution >= 4 is 34.4 Å². The van der Waals surface area contributed by atoms with E-state index in [0.29, 0.717) is 21.6 Å². The van der Waals surface area contributed by atoms with Crippen molar-refractivity contribution in [3.05, 3.63) is 34.5 Å². The number of hydrogen-bond acceptors (Lipinski definition) is 5. The van der Waals surface area contributed by atoms with Crippen LogP contribution in [0.25, 0.3) is 11.0 Å². The lowest BCUT2D eigenvalue weighted by Gasteiger charge is -2.28. The van der Waals surface area contributed by atoms with E-state index in [9.17, 15) is 14.9 Å². The van der Waals surface area contributed by atoms with Crippen molar-refractivity contribution in [2.45, 2.75) is 46.3 Å². The van der Waals surface area contributed by atoms with Gasteiger partial charge in [-0.2, -0.15) is 5.26 Å². The highest BCUT2D eigenvalue weighted by atomic mass is 35.5. The van der Waals surface area contributed by atoms with Gasteiger partial charge in [0, 0.05) is 10.9 Å². The highest BCUT2D eigenvalue weighted by Crippen LogP contribution is 2.31. The van der Waals surface area contributed by atoms with Crippen molar-refractivity contribution in [2.24, 2.45) is 5.92 Å². The van der Waals surface area contributed by atoms with Gasteiger partial charge in [-0.05, 0) is 32.8 Å². The summed E-state index contributed by atoms with van der Waals surface area (Å²) in [4.78, 5) is 24.7. The number of carbonyl (C=O) groups excluding carboxylic acids is 2. The molecule has 0 saturated carbocycles. The molecular weight excluding hydrogens is 356 g/mol. The van der Waals surface area contributed by atoms with Crippen LogP contribution in [-0.2, 0) is 9.53 Å². The average molecular weight is 377 g/mol. The van der Waals surface area contributed by atoms with Gasteiger partial charge in [-0.3, -0.25) is 4.79 Å². The maximum absolute atomic E-state index is 12.4. The van der Waals surface area contributed by atoms with E-state index in [1.807, 2.05) is 13.8 Å². The van der Waals surface area contributed by atoms with Gasteiger partial charge in [0.15, 0.2) is 11.7 Å². The molecule has 2 unspecified atom stereocenters. The quantitative estimate of drug-likeness (QED) is 0.796. The minimum atomic E-state index is -1.09. The number of nitriles is 1. The predicted octanol–water partition coefficient (Wildman–Crippen LogP) is 3.99. The lowest BCUT2D eigenvalue weighted by Crippen LogP contribution is -2.52. The number of halogens is 1. The number of hydrogen-bond donors (Lipinski definition) is 1. The van der Waals surface area contributed by atoms with Crippen LogP contribution in [0.4, 0.5) is 0 Å². The number of esters is 1. The zero-order valence-electron chi connectivity index (χ0n) is 15.3. The Morgan fingerprint density at radius 1 is 1.35 bits per heavy atom. The number of nitrogens with one attached hydrogen (secondary N) is 1. The van der Waals surface area contributed by atoms with E-state index in [1.165, 1.54) is 6.92 Å². The van der Waals surface area contributed by atoms with E-state index in [2.05, 4.69) is 11.4 Å². The normalized spacial score (nSPS) is 14.5. The zero-order valence-corrected chi connectivity index (χ0v) is 16.1. The zero-order chi connectivity index (χ0) is 19.6. The minimum Gasteiger partial charge on any atom is -0.447 e. The molecular formula is C19H21ClN2O4. The Kier molecular flexibility index (Phi) is 5.62. The van der Waals surface area contributed by atoms with Gasteiger partial charge in [-0.1, -0.05) is 37.6 Å². The first-order valence-corrected chi connectivity index (χ1v) is 8.60. The summed E-state index contributed by atoms with van der Waals surface area (Å²) in [6.45, 7) is 8.42. The van der Waals surface area contributed by atoms with Crippen LogP contribution in [0.1, 0.15) is 43.8 Å². The fourth-order valence-corrected chi connectivity index (χ4v) is 2.54. The first-order chi connectivity index (χ1) is 12.1. The summed E-state index contributed by atoms with van der Waals surface area (Å²) in [6.07, 6.45) is -1.09. The van der Waals surface area contributed by atoms with Gasteiger partial charge in [0.25, 0.3) is 5.91 Å². The molecule has 1 heterocycles. The maximum Gasteiger partial charge on any atom is 0.375 e. The summed E-state index contributed by atoms with van der Waals surface area (Å²) in [7, 11) is 0. The second-order valence-electron chi connectivity index (χ2n) is 6.68. The Bertz CT molecular complexity index is 897. The Balaban J connectivity index is 2.17. The third kappa shape index (κ3) is 3.68. The molecule has 2 aromatic rings. The van der Waals surface area contributed by atoms with E-state index in [0.717, 1.165) is 0 Å². The number of furan rings is 1. The van der Waals surface area contributed by atoms with Gasteiger partial charge < -0.3 is 14.5 Å². The fourth-order valence-electron chi connectivity index (χ4n) is 2.33. The molecule has 2 rings (SSSR count). The third-order valence-corrected chi connectivity index (χ3v) is 4.82. The smallest absolute Gasteiger partial charge is 0.375 e. The minimum absolute atomic E-state index is 0.000320. The monoisotopic (exact) mass is 376 g/mol. The van der Waals surface area contributed by atoms with E-state index >= 15 is 0 Å². The van der Waals surface area contributed by atoms with Crippen molar-refractivity contribution in [2.75, 3.05) is 0 Å². The SMILES string of the molecule is Cc1c(C(=O)OC(C)C(=O)NC(C)(C#N)C(C)C)oc2c(Cl)cccc12. The second-order valence-corrected chi connectivity index (χ2v) is 7.09. The molecule has 138 valence electrons. The molecule has 0 saturated heterocycles. The molecule has 7 heteroatoms. The summed E-state index contributed by atoms with van der Waals surface area (Å²) >= 11 is 6.08. The second kappa shape index (κ2) is 7.38. The molecule has 1 N–H and O–H groups in total. The van der Waals surface area contributed by atoms with Gasteiger partial charge in [0.05, 0.1) is 11.1 Å². The van der Waals surface area contributed by atoms with Crippen molar-refractivity contribution in [3.63, 3.8) is 0 Å². The molecule has 0 aliphatic rings. The molecule has 0 aliphatic carbocycles. The molecule has 0 spiro atoms. The van der Waals surface area contributed by atoms with Crippen molar-refractivity contribution in [3.8, 4) is 6.07 Å². The molecule has 1 aromatic heterocycles. The Morgan fingerprint density at radius 2 is 2.00 bits per heavy atom. The number of aryl methyl sites for hydroxylation is 1. The molecule has 1 aromatic carbocycles. The molecule has 26 heavy (non-hydrogen) atoms. The van der Waals surface area contributed by atoms with Gasteiger partial charge in [-0.25, -0.2) is 4.79 Å². The van der Waals surface area contributed by atoms with Crippen LogP contribution in [0.15, 0.2) is 22.6 Å². The summed E-state index contributed by atoms with van der Waals surface area (Å²) in [5, 5.41) is 13.0. The van der Waals surface area contributed by atoms with Crippen LogP contribution in [0, 0.1) is 24.2 Å². The molecule has 2 atom stereocenters. The van der Waals surface area contributed by atoms with Crippen LogP contribution < -0.4 is 5.32 Å². The molecule has 1 amide bonds. The Morgan fingerprint density at radius 3 is 2.54 bits per heavy atom. The van der Waals surface area contributed by atoms with Crippen LogP contribution in [0.5, 0.6) is 0 Å². The lowest BCUT2D eigenvalue weighted by atomic mass is 9.90. The average Bonchev–Trinajstić information content (AvgIpc) is 2.93. The number of ether oxygens (including phenoxy) is 1. The standard InChI is InChI=1S/C19H21ClN2O4/c1-10(2)19(5,9-21)22-17(23)12(4)25-18(24)15-11(3)13-7-6-8-14(20)16(13)26-15/h6-8,10,12H,1-5H3,(H,22,23). The third-order valence-electron chi connectivity index (χ3n) is 4.52. The number of benzene rings is 1. The van der Waals surface area contributed by atoms with Gasteiger partial charge >= 0.3 is 5.97 Å². The van der Waals surface area contributed by atoms with Gasteiger partial charge in [0.1, 0.15) is 5.54 Å². The number of nitrogens with zero attached hydrogens (tertiary/aromatic N) is 1. The van der Waals surface area contributed by atoms with Crippen molar-refractivity contribution < 1.29 is 18.7 Å². The van der Waals surface area contributed by atoms with Crippen LogP contribution >= 0.6 is 11.6 Å². The van der Waals surface area contributed by atoms with E-state index in [1.54, 1.807) is 32.0 Å². The number of para-hydroxylation sites is 1. The van der Waals surface area contributed by atoms with Crippen LogP contribution in [-0.4, -0.2) is 23.5 Å². The van der Waals surface area contributed by atoms with Gasteiger partial charge in [0.2, 0.25) is 5.76 Å². The molecule has 0 fully saturated rings. The maximum atomic E-state index is 12.4. The highest BCUT2D eigenvalue weighted by molar-refractivity contribution is 6.35. The van der Waals surface area contributed by atoms with E-state index in [4.69, 9.17) is 20.8 Å². The number of carbonyl (C=O) groups is 2. The van der Waals surface area contributed by atoms with Gasteiger partial charge in [-0.15, -0.1) is 0 Å². The highest BCUT2D eigenvalue weighted by Gasteiger charge is 2.33. The predicted molar refractivity (Wildman–Crippen MR) is 97.8 cm³/mol. The Labute approximate surface area is 157 Å². The topological polar surface area (TPSA) is 92.3 Å². The first-order valence-electron chi connectivity index (χ1n) is 8.22. The van der Waals surface area contributed by atoms with E-state index < -0.39 is 23.5 Å². The summed E-state index contributed by atoms with van der Waals surface area (Å²) < 4.78 is 10.8. The summed E-state index contributed by atoms with van der Waals surface area (Å²) in [5.74, 6) is -1.43. The van der Waals surface area contributed by atoms with Crippen LogP contribution in [0.2, 0.25) is 5.02 Å².